The van der Waals surface area contributed by atoms with Crippen LogP contribution in [0.15, 0.2) is 21.6 Å². The Hall–Kier alpha value is -0.500. The Bertz CT molecular complexity index is 519. The summed E-state index contributed by atoms with van der Waals surface area (Å²) in [7, 11) is -2.10. The molecule has 0 aromatic carbocycles. The Kier molecular flexibility index (Phi) is 5.54. The van der Waals surface area contributed by atoms with Gasteiger partial charge in [0.25, 0.3) is 10.0 Å². The average Bonchev–Trinajstić information content (AvgIpc) is 2.95. The topological polar surface area (TPSA) is 71.3 Å². The highest BCUT2D eigenvalue weighted by atomic mass is 32.2. The van der Waals surface area contributed by atoms with Crippen LogP contribution in [0.2, 0.25) is 0 Å². The van der Waals surface area contributed by atoms with Crippen LogP contribution < -0.4 is 10.0 Å². The minimum absolute atomic E-state index is 0.0251. The zero-order valence-corrected chi connectivity index (χ0v) is 13.5. The largest absolute Gasteiger partial charge is 0.447 e. The number of hydrogen-bond donors (Lipinski definition) is 2. The summed E-state index contributed by atoms with van der Waals surface area (Å²) in [4.78, 5) is 0. The van der Waals surface area contributed by atoms with E-state index in [1.54, 1.807) is 6.07 Å². The molecule has 7 heteroatoms. The van der Waals surface area contributed by atoms with Crippen LogP contribution >= 0.6 is 11.8 Å². The summed E-state index contributed by atoms with van der Waals surface area (Å²) in [6, 6.07) is 3.71. The smallest absolute Gasteiger partial charge is 0.273 e. The van der Waals surface area contributed by atoms with Gasteiger partial charge in [-0.3, -0.25) is 0 Å². The summed E-state index contributed by atoms with van der Waals surface area (Å²) in [5, 5.41) is 4.22. The Morgan fingerprint density at radius 3 is 2.60 bits per heavy atom. The molecule has 5 nitrogen and oxygen atoms in total. The Morgan fingerprint density at radius 1 is 1.30 bits per heavy atom. The van der Waals surface area contributed by atoms with Crippen molar-refractivity contribution in [1.29, 1.82) is 0 Å². The van der Waals surface area contributed by atoms with Crippen molar-refractivity contribution in [1.82, 2.24) is 10.0 Å². The highest BCUT2D eigenvalue weighted by Crippen LogP contribution is 2.27. The summed E-state index contributed by atoms with van der Waals surface area (Å²) in [6.07, 6.45) is 7.01. The lowest BCUT2D eigenvalue weighted by atomic mass is 9.95. The van der Waals surface area contributed by atoms with Gasteiger partial charge < -0.3 is 9.73 Å². The number of sulfonamides is 1. The maximum Gasteiger partial charge on any atom is 0.273 e. The Morgan fingerprint density at radius 2 is 2.00 bits per heavy atom. The molecule has 0 atom stereocenters. The zero-order chi connectivity index (χ0) is 14.6. The van der Waals surface area contributed by atoms with Gasteiger partial charge in [-0.05, 0) is 51.1 Å². The highest BCUT2D eigenvalue weighted by Gasteiger charge is 2.21. The first-order valence-corrected chi connectivity index (χ1v) is 9.60. The number of thioether (sulfide) groups is 1. The van der Waals surface area contributed by atoms with Crippen LogP contribution in [0.1, 0.15) is 31.4 Å². The summed E-state index contributed by atoms with van der Waals surface area (Å²) in [6.45, 7) is 0.577. The van der Waals surface area contributed by atoms with E-state index in [0.29, 0.717) is 18.3 Å². The second kappa shape index (κ2) is 6.98. The van der Waals surface area contributed by atoms with Crippen LogP contribution in [0.3, 0.4) is 0 Å². The van der Waals surface area contributed by atoms with Gasteiger partial charge in [0.05, 0.1) is 6.54 Å². The van der Waals surface area contributed by atoms with Crippen molar-refractivity contribution in [2.24, 2.45) is 0 Å². The molecule has 0 bridgehead atoms. The molecule has 0 spiro atoms. The van der Waals surface area contributed by atoms with Gasteiger partial charge in [-0.15, -0.1) is 0 Å². The third kappa shape index (κ3) is 4.00. The molecular weight excluding hydrogens is 296 g/mol. The molecule has 1 aromatic heterocycles. The maximum atomic E-state index is 11.6. The molecule has 1 fully saturated rings. The minimum Gasteiger partial charge on any atom is -0.447 e. The van der Waals surface area contributed by atoms with Crippen LogP contribution in [0, 0.1) is 0 Å². The third-order valence-corrected chi connectivity index (χ3v) is 6.17. The molecule has 1 aromatic rings. The van der Waals surface area contributed by atoms with Crippen LogP contribution in [0.25, 0.3) is 0 Å². The summed E-state index contributed by atoms with van der Waals surface area (Å²) >= 11 is 1.95. The molecule has 0 radical (unpaired) electrons. The lowest BCUT2D eigenvalue weighted by Crippen LogP contribution is -2.33. The second-order valence-corrected chi connectivity index (χ2v) is 7.97. The molecule has 1 heterocycles. The molecule has 2 rings (SSSR count). The molecule has 0 amide bonds. The predicted molar refractivity (Wildman–Crippen MR) is 81.4 cm³/mol. The molecule has 0 saturated heterocycles. The molecule has 1 aliphatic carbocycles. The quantitative estimate of drug-likeness (QED) is 0.839. The van der Waals surface area contributed by atoms with Crippen LogP contribution in [-0.2, 0) is 16.6 Å². The van der Waals surface area contributed by atoms with E-state index in [1.165, 1.54) is 38.8 Å². The Labute approximate surface area is 124 Å². The molecular formula is C13H22N2O3S2. The van der Waals surface area contributed by atoms with Crippen molar-refractivity contribution in [3.63, 3.8) is 0 Å². The monoisotopic (exact) mass is 318 g/mol. The maximum absolute atomic E-state index is 11.6. The second-order valence-electron chi connectivity index (χ2n) is 5.02. The van der Waals surface area contributed by atoms with E-state index in [4.69, 9.17) is 4.42 Å². The van der Waals surface area contributed by atoms with Crippen LogP contribution in [0.4, 0.5) is 0 Å². The van der Waals surface area contributed by atoms with Gasteiger partial charge in [0, 0.05) is 11.3 Å². The fourth-order valence-electron chi connectivity index (χ4n) is 2.45. The van der Waals surface area contributed by atoms with Gasteiger partial charge in [-0.25, -0.2) is 13.1 Å². The fourth-order valence-corrected chi connectivity index (χ4v) is 3.85. The standard InChI is InChI=1S/C13H22N2O3S2/c1-14-20(16,17)13-8-5-11(18-13)9-15-10-3-6-12(19-2)7-4-10/h5,8,10,12,14-15H,3-4,6-7,9H2,1-2H3. The van der Waals surface area contributed by atoms with E-state index in [9.17, 15) is 8.42 Å². The van der Waals surface area contributed by atoms with Gasteiger partial charge >= 0.3 is 0 Å². The molecule has 20 heavy (non-hydrogen) atoms. The number of furan rings is 1. The number of nitrogens with one attached hydrogen (secondary N) is 2. The van der Waals surface area contributed by atoms with Crippen molar-refractivity contribution in [3.8, 4) is 0 Å². The van der Waals surface area contributed by atoms with Crippen molar-refractivity contribution in [2.75, 3.05) is 13.3 Å². The Balaban J connectivity index is 1.83. The van der Waals surface area contributed by atoms with Crippen molar-refractivity contribution in [3.05, 3.63) is 17.9 Å². The van der Waals surface area contributed by atoms with E-state index >= 15 is 0 Å². The number of hydrogen-bond acceptors (Lipinski definition) is 5. The van der Waals surface area contributed by atoms with Crippen molar-refractivity contribution < 1.29 is 12.8 Å². The average molecular weight is 318 g/mol. The fraction of sp³-hybridized carbons (Fsp3) is 0.692. The predicted octanol–water partition coefficient (Wildman–Crippen LogP) is 1.95. The van der Waals surface area contributed by atoms with Gasteiger partial charge in [0.2, 0.25) is 5.09 Å². The minimum atomic E-state index is -3.48. The van der Waals surface area contributed by atoms with Crippen molar-refractivity contribution >= 4 is 21.8 Å². The molecule has 1 saturated carbocycles. The van der Waals surface area contributed by atoms with Gasteiger partial charge in [-0.1, -0.05) is 0 Å². The summed E-state index contributed by atoms with van der Waals surface area (Å²) in [5.41, 5.74) is 0. The van der Waals surface area contributed by atoms with Gasteiger partial charge in [0.15, 0.2) is 0 Å². The van der Waals surface area contributed by atoms with Crippen molar-refractivity contribution in [2.45, 2.75) is 48.6 Å². The van der Waals surface area contributed by atoms with E-state index in [-0.39, 0.29) is 5.09 Å². The third-order valence-electron chi connectivity index (χ3n) is 3.74. The molecule has 0 aliphatic heterocycles. The van der Waals surface area contributed by atoms with E-state index < -0.39 is 10.0 Å². The zero-order valence-electron chi connectivity index (χ0n) is 11.9. The van der Waals surface area contributed by atoms with Crippen LogP contribution in [0.5, 0.6) is 0 Å². The van der Waals surface area contributed by atoms with E-state index in [2.05, 4.69) is 16.3 Å². The first-order valence-electron chi connectivity index (χ1n) is 6.83. The molecule has 0 unspecified atom stereocenters. The lowest BCUT2D eigenvalue weighted by Gasteiger charge is -2.27. The first-order chi connectivity index (χ1) is 9.55. The first kappa shape index (κ1) is 15.9. The number of rotatable bonds is 6. The summed E-state index contributed by atoms with van der Waals surface area (Å²) < 4.78 is 30.7. The SMILES string of the molecule is CNS(=O)(=O)c1ccc(CNC2CCC(SC)CC2)o1. The molecule has 2 N–H and O–H groups in total. The molecule has 1 aliphatic rings. The van der Waals surface area contributed by atoms with Gasteiger partial charge in [0.1, 0.15) is 5.76 Å². The molecule has 114 valence electrons. The lowest BCUT2D eigenvalue weighted by molar-refractivity contribution is 0.346. The van der Waals surface area contributed by atoms with E-state index in [0.717, 1.165) is 5.25 Å². The normalized spacial score (nSPS) is 23.9. The van der Waals surface area contributed by atoms with Gasteiger partial charge in [-0.2, -0.15) is 11.8 Å². The van der Waals surface area contributed by atoms with E-state index in [1.807, 2.05) is 11.8 Å². The summed E-state index contributed by atoms with van der Waals surface area (Å²) in [5.74, 6) is 0.658. The highest BCUT2D eigenvalue weighted by molar-refractivity contribution is 7.99. The van der Waals surface area contributed by atoms with Crippen LogP contribution in [-0.4, -0.2) is 33.0 Å².